The summed E-state index contributed by atoms with van der Waals surface area (Å²) in [6.45, 7) is 0. The molecule has 14 heavy (non-hydrogen) atoms. The van der Waals surface area contributed by atoms with E-state index in [9.17, 15) is 0 Å². The van der Waals surface area contributed by atoms with Crippen LogP contribution in [0.1, 0.15) is 5.69 Å². The van der Waals surface area contributed by atoms with Gasteiger partial charge in [0.2, 0.25) is 0 Å². The number of halogens is 2. The first kappa shape index (κ1) is 10.1. The topological polar surface area (TPSA) is 25.8 Å². The van der Waals surface area contributed by atoms with Crippen molar-refractivity contribution >= 4 is 38.9 Å². The van der Waals surface area contributed by atoms with Crippen molar-refractivity contribution < 1.29 is 0 Å². The first-order valence-corrected chi connectivity index (χ1v) is 6.07. The van der Waals surface area contributed by atoms with Crippen LogP contribution in [0.5, 0.6) is 0 Å². The quantitative estimate of drug-likeness (QED) is 0.788. The lowest BCUT2D eigenvalue weighted by atomic mass is 10.4. The summed E-state index contributed by atoms with van der Waals surface area (Å²) in [7, 11) is 0. The summed E-state index contributed by atoms with van der Waals surface area (Å²) in [6, 6.07) is 5.79. The maximum atomic E-state index is 5.70. The largest absolute Gasteiger partial charge is 0.236 e. The number of rotatable bonds is 2. The predicted octanol–water partition coefficient (Wildman–Crippen LogP) is 3.71. The highest BCUT2D eigenvalue weighted by Gasteiger charge is 2.04. The molecule has 0 radical (unpaired) electrons. The van der Waals surface area contributed by atoms with E-state index in [1.54, 1.807) is 17.5 Å². The first-order valence-electron chi connectivity index (χ1n) is 3.93. The molecule has 72 valence electrons. The lowest BCUT2D eigenvalue weighted by molar-refractivity contribution is 1.10. The van der Waals surface area contributed by atoms with Crippen LogP contribution >= 0.6 is 38.9 Å². The van der Waals surface area contributed by atoms with Crippen LogP contribution < -0.4 is 0 Å². The Morgan fingerprint density at radius 3 is 2.86 bits per heavy atom. The van der Waals surface area contributed by atoms with Gasteiger partial charge in [0.15, 0.2) is 5.82 Å². The zero-order valence-corrected chi connectivity index (χ0v) is 10.2. The molecule has 2 rings (SSSR count). The summed E-state index contributed by atoms with van der Waals surface area (Å²) >= 11 is 10.7. The highest BCUT2D eigenvalue weighted by atomic mass is 79.9. The van der Waals surface area contributed by atoms with Crippen LogP contribution in [0.4, 0.5) is 0 Å². The van der Waals surface area contributed by atoms with E-state index < -0.39 is 0 Å². The van der Waals surface area contributed by atoms with Crippen LogP contribution in [0.25, 0.3) is 10.7 Å². The predicted molar refractivity (Wildman–Crippen MR) is 62.6 cm³/mol. The molecule has 0 atom stereocenters. The monoisotopic (exact) mass is 288 g/mol. The van der Waals surface area contributed by atoms with Gasteiger partial charge in [-0.1, -0.05) is 0 Å². The fraction of sp³-hybridized carbons (Fsp3) is 0.111. The third kappa shape index (κ3) is 2.13. The summed E-state index contributed by atoms with van der Waals surface area (Å²) < 4.78 is 1.08. The molecule has 0 spiro atoms. The van der Waals surface area contributed by atoms with Crippen molar-refractivity contribution in [3.8, 4) is 10.7 Å². The number of thiophene rings is 1. The van der Waals surface area contributed by atoms with E-state index >= 15 is 0 Å². The average molecular weight is 290 g/mol. The number of aromatic nitrogens is 2. The zero-order chi connectivity index (χ0) is 9.97. The van der Waals surface area contributed by atoms with E-state index in [1.165, 1.54) is 0 Å². The Bertz CT molecular complexity index is 444. The molecule has 0 aromatic carbocycles. The molecule has 0 aliphatic heterocycles. The fourth-order valence-electron chi connectivity index (χ4n) is 1.02. The maximum Gasteiger partial charge on any atom is 0.169 e. The maximum absolute atomic E-state index is 5.70. The van der Waals surface area contributed by atoms with Crippen LogP contribution in [0.15, 0.2) is 28.2 Å². The Balaban J connectivity index is 2.41. The third-order valence-corrected chi connectivity index (χ3v) is 3.54. The van der Waals surface area contributed by atoms with Gasteiger partial charge in [0.05, 0.1) is 20.2 Å². The molecular formula is C9H6BrClN2S. The van der Waals surface area contributed by atoms with Crippen LogP contribution in [0.3, 0.4) is 0 Å². The highest BCUT2D eigenvalue weighted by Crippen LogP contribution is 2.28. The van der Waals surface area contributed by atoms with Crippen LogP contribution in [-0.4, -0.2) is 9.97 Å². The van der Waals surface area contributed by atoms with Gasteiger partial charge in [-0.05, 0) is 34.1 Å². The van der Waals surface area contributed by atoms with Gasteiger partial charge in [-0.3, -0.25) is 0 Å². The molecule has 0 fully saturated rings. The number of alkyl halides is 1. The number of nitrogens with zero attached hydrogens (tertiary/aromatic N) is 2. The zero-order valence-electron chi connectivity index (χ0n) is 7.08. The first-order chi connectivity index (χ1) is 6.79. The second kappa shape index (κ2) is 4.38. The molecule has 0 saturated heterocycles. The molecule has 0 saturated carbocycles. The van der Waals surface area contributed by atoms with Gasteiger partial charge in [0, 0.05) is 6.20 Å². The van der Waals surface area contributed by atoms with Crippen molar-refractivity contribution in [1.29, 1.82) is 0 Å². The minimum atomic E-state index is 0.419. The van der Waals surface area contributed by atoms with E-state index in [0.29, 0.717) is 5.88 Å². The molecule has 5 heteroatoms. The second-order valence-electron chi connectivity index (χ2n) is 2.61. The molecular weight excluding hydrogens is 284 g/mol. The van der Waals surface area contributed by atoms with Gasteiger partial charge in [-0.25, -0.2) is 9.97 Å². The van der Waals surface area contributed by atoms with Gasteiger partial charge in [-0.15, -0.1) is 22.9 Å². The third-order valence-electron chi connectivity index (χ3n) is 1.64. The van der Waals surface area contributed by atoms with E-state index in [-0.39, 0.29) is 0 Å². The molecule has 0 aliphatic rings. The Morgan fingerprint density at radius 1 is 1.36 bits per heavy atom. The molecule has 2 nitrogen and oxygen atoms in total. The van der Waals surface area contributed by atoms with Gasteiger partial charge in [0.1, 0.15) is 0 Å². The van der Waals surface area contributed by atoms with E-state index in [2.05, 4.69) is 25.9 Å². The van der Waals surface area contributed by atoms with Gasteiger partial charge in [0.25, 0.3) is 0 Å². The average Bonchev–Trinajstić information content (AvgIpc) is 2.65. The summed E-state index contributed by atoms with van der Waals surface area (Å²) in [5.74, 6) is 1.15. The standard InChI is InChI=1S/C9H6BrClN2S/c10-8-2-1-7(14-8)9-12-4-3-6(5-11)13-9/h1-4H,5H2. The molecule has 0 amide bonds. The summed E-state index contributed by atoms with van der Waals surface area (Å²) in [5, 5.41) is 0. The van der Waals surface area contributed by atoms with Crippen LogP contribution in [0.2, 0.25) is 0 Å². The SMILES string of the molecule is ClCc1ccnc(-c2ccc(Br)s2)n1. The Labute approximate surface area is 99.1 Å². The van der Waals surface area contributed by atoms with Gasteiger partial charge in [-0.2, -0.15) is 0 Å². The van der Waals surface area contributed by atoms with Crippen LogP contribution in [0, 0.1) is 0 Å². The second-order valence-corrected chi connectivity index (χ2v) is 5.34. The molecule has 0 unspecified atom stereocenters. The molecule has 2 heterocycles. The lowest BCUT2D eigenvalue weighted by Gasteiger charge is -1.97. The minimum Gasteiger partial charge on any atom is -0.236 e. The summed E-state index contributed by atoms with van der Waals surface area (Å²) in [5.41, 5.74) is 0.848. The number of hydrogen-bond acceptors (Lipinski definition) is 3. The van der Waals surface area contributed by atoms with E-state index in [1.807, 2.05) is 18.2 Å². The molecule has 2 aromatic heterocycles. The highest BCUT2D eigenvalue weighted by molar-refractivity contribution is 9.11. The number of hydrogen-bond donors (Lipinski definition) is 0. The van der Waals surface area contributed by atoms with Gasteiger partial charge < -0.3 is 0 Å². The van der Waals surface area contributed by atoms with Crippen molar-refractivity contribution in [3.63, 3.8) is 0 Å². The lowest BCUT2D eigenvalue weighted by Crippen LogP contribution is -1.90. The van der Waals surface area contributed by atoms with Crippen molar-refractivity contribution in [1.82, 2.24) is 9.97 Å². The van der Waals surface area contributed by atoms with E-state index in [4.69, 9.17) is 11.6 Å². The summed E-state index contributed by atoms with van der Waals surface area (Å²) in [4.78, 5) is 9.56. The van der Waals surface area contributed by atoms with Gasteiger partial charge >= 0.3 is 0 Å². The molecule has 0 aliphatic carbocycles. The molecule has 0 bridgehead atoms. The van der Waals surface area contributed by atoms with Crippen molar-refractivity contribution in [3.05, 3.63) is 33.9 Å². The van der Waals surface area contributed by atoms with E-state index in [0.717, 1.165) is 20.2 Å². The normalized spacial score (nSPS) is 10.4. The fourth-order valence-corrected chi connectivity index (χ4v) is 2.50. The van der Waals surface area contributed by atoms with Crippen molar-refractivity contribution in [2.45, 2.75) is 5.88 Å². The Morgan fingerprint density at radius 2 is 2.21 bits per heavy atom. The minimum absolute atomic E-state index is 0.419. The smallest absolute Gasteiger partial charge is 0.169 e. The Hall–Kier alpha value is -0.450. The van der Waals surface area contributed by atoms with Crippen LogP contribution in [-0.2, 0) is 5.88 Å². The van der Waals surface area contributed by atoms with Crippen molar-refractivity contribution in [2.24, 2.45) is 0 Å². The Kier molecular flexibility index (Phi) is 3.15. The van der Waals surface area contributed by atoms with Crippen molar-refractivity contribution in [2.75, 3.05) is 0 Å². The molecule has 2 aromatic rings. The summed E-state index contributed by atoms with van der Waals surface area (Å²) in [6.07, 6.45) is 1.73. The molecule has 0 N–H and O–H groups in total.